The average molecular weight is 370 g/mol. The molecule has 0 aromatic carbocycles. The first kappa shape index (κ1) is 17.7. The van der Waals surface area contributed by atoms with Gasteiger partial charge in [-0.1, -0.05) is 13.8 Å². The van der Waals surface area contributed by atoms with Crippen molar-refractivity contribution in [1.29, 1.82) is 0 Å². The number of piperidine rings is 1. The van der Waals surface area contributed by atoms with Gasteiger partial charge in [0.2, 0.25) is 5.95 Å². The maximum absolute atomic E-state index is 6.65. The minimum Gasteiger partial charge on any atom is -0.379 e. The molecule has 5 aliphatic rings. The quantitative estimate of drug-likeness (QED) is 0.848. The van der Waals surface area contributed by atoms with E-state index in [9.17, 15) is 0 Å². The highest BCUT2D eigenvalue weighted by atomic mass is 15.3. The van der Waals surface area contributed by atoms with Crippen molar-refractivity contribution in [2.75, 3.05) is 23.3 Å². The van der Waals surface area contributed by atoms with Crippen LogP contribution in [0, 0.1) is 29.6 Å². The van der Waals surface area contributed by atoms with Crippen molar-refractivity contribution < 1.29 is 0 Å². The molecule has 1 saturated heterocycles. The molecule has 2 unspecified atom stereocenters. The molecule has 4 saturated carbocycles. The maximum Gasteiger partial charge on any atom is 0.225 e. The van der Waals surface area contributed by atoms with Crippen molar-refractivity contribution in [2.45, 2.75) is 70.4 Å². The Kier molecular flexibility index (Phi) is 4.34. The van der Waals surface area contributed by atoms with Crippen LogP contribution in [0.5, 0.6) is 0 Å². The van der Waals surface area contributed by atoms with Gasteiger partial charge in [-0.15, -0.1) is 0 Å². The Hall–Kier alpha value is -1.36. The summed E-state index contributed by atoms with van der Waals surface area (Å²) in [6, 6.07) is 0.564. The standard InChI is InChI=1S/C22H35N5/c1-14(2)16-3-5-27(6-4-16)21-24-12-19(13-25-21)26-20-17-7-15-8-18(20)11-22(23,9-15)10-17/h12-18,20,26H,3-11,23H2,1-2H3. The molecule has 1 aromatic rings. The number of nitrogens with zero attached hydrogens (tertiary/aromatic N) is 3. The monoisotopic (exact) mass is 369 g/mol. The first-order valence-corrected chi connectivity index (χ1v) is 11.1. The van der Waals surface area contributed by atoms with Crippen LogP contribution >= 0.6 is 0 Å². The molecule has 5 fully saturated rings. The molecule has 4 aliphatic carbocycles. The molecule has 1 aliphatic heterocycles. The molecule has 0 spiro atoms. The number of hydrogen-bond donors (Lipinski definition) is 2. The number of nitrogens with one attached hydrogen (secondary N) is 1. The van der Waals surface area contributed by atoms with Crippen LogP contribution in [0.2, 0.25) is 0 Å². The molecule has 0 radical (unpaired) electrons. The van der Waals surface area contributed by atoms with E-state index in [4.69, 9.17) is 15.7 Å². The van der Waals surface area contributed by atoms with Crippen LogP contribution in [-0.2, 0) is 0 Å². The van der Waals surface area contributed by atoms with E-state index in [1.54, 1.807) is 0 Å². The Morgan fingerprint density at radius 3 is 2.26 bits per heavy atom. The molecule has 0 amide bonds. The highest BCUT2D eigenvalue weighted by Crippen LogP contribution is 2.55. The third-order valence-electron chi connectivity index (χ3n) is 8.06. The summed E-state index contributed by atoms with van der Waals surface area (Å²) in [5.74, 6) is 4.87. The molecule has 27 heavy (non-hydrogen) atoms. The molecule has 2 heterocycles. The van der Waals surface area contributed by atoms with Crippen LogP contribution < -0.4 is 16.0 Å². The van der Waals surface area contributed by atoms with Gasteiger partial charge in [0.25, 0.3) is 0 Å². The largest absolute Gasteiger partial charge is 0.379 e. The maximum atomic E-state index is 6.65. The fraction of sp³-hybridized carbons (Fsp3) is 0.818. The van der Waals surface area contributed by atoms with Gasteiger partial charge in [-0.2, -0.15) is 0 Å². The van der Waals surface area contributed by atoms with Gasteiger partial charge in [0, 0.05) is 24.7 Å². The topological polar surface area (TPSA) is 67.1 Å². The smallest absolute Gasteiger partial charge is 0.225 e. The average Bonchev–Trinajstić information content (AvgIpc) is 2.64. The summed E-state index contributed by atoms with van der Waals surface area (Å²) in [6.45, 7) is 6.85. The van der Waals surface area contributed by atoms with Crippen molar-refractivity contribution in [3.05, 3.63) is 12.4 Å². The number of nitrogens with two attached hydrogens (primary N) is 1. The van der Waals surface area contributed by atoms with Gasteiger partial charge in [-0.05, 0) is 74.5 Å². The summed E-state index contributed by atoms with van der Waals surface area (Å²) in [5.41, 5.74) is 7.87. The number of hydrogen-bond acceptors (Lipinski definition) is 5. The van der Waals surface area contributed by atoms with Gasteiger partial charge in [-0.25, -0.2) is 9.97 Å². The first-order valence-electron chi connectivity index (χ1n) is 11.1. The van der Waals surface area contributed by atoms with Gasteiger partial charge in [0.05, 0.1) is 18.1 Å². The van der Waals surface area contributed by atoms with Crippen LogP contribution in [0.3, 0.4) is 0 Å². The summed E-state index contributed by atoms with van der Waals surface area (Å²) in [7, 11) is 0. The van der Waals surface area contributed by atoms with E-state index >= 15 is 0 Å². The van der Waals surface area contributed by atoms with E-state index in [-0.39, 0.29) is 5.54 Å². The minimum absolute atomic E-state index is 0.136. The Balaban J connectivity index is 1.22. The summed E-state index contributed by atoms with van der Waals surface area (Å²) in [6.07, 6.45) is 12.9. The van der Waals surface area contributed by atoms with Gasteiger partial charge in [-0.3, -0.25) is 0 Å². The van der Waals surface area contributed by atoms with Crippen LogP contribution in [0.4, 0.5) is 11.6 Å². The third kappa shape index (κ3) is 3.32. The zero-order valence-corrected chi connectivity index (χ0v) is 16.9. The molecule has 148 valence electrons. The minimum atomic E-state index is 0.136. The zero-order valence-electron chi connectivity index (χ0n) is 16.9. The van der Waals surface area contributed by atoms with E-state index in [1.165, 1.54) is 44.9 Å². The van der Waals surface area contributed by atoms with Crippen molar-refractivity contribution in [3.8, 4) is 0 Å². The molecule has 2 atom stereocenters. The van der Waals surface area contributed by atoms with E-state index in [2.05, 4.69) is 24.1 Å². The molecule has 6 rings (SSSR count). The fourth-order valence-electron chi connectivity index (χ4n) is 6.84. The number of anilines is 2. The summed E-state index contributed by atoms with van der Waals surface area (Å²) in [5, 5.41) is 3.79. The van der Waals surface area contributed by atoms with E-state index < -0.39 is 0 Å². The lowest BCUT2D eigenvalue weighted by atomic mass is 9.51. The highest BCUT2D eigenvalue weighted by Gasteiger charge is 2.53. The Labute approximate surface area is 163 Å². The van der Waals surface area contributed by atoms with Crippen molar-refractivity contribution in [3.63, 3.8) is 0 Å². The summed E-state index contributed by atoms with van der Waals surface area (Å²) < 4.78 is 0. The Bertz CT molecular complexity index is 648. The van der Waals surface area contributed by atoms with Crippen LogP contribution in [0.1, 0.15) is 58.8 Å². The number of rotatable bonds is 4. The van der Waals surface area contributed by atoms with Crippen LogP contribution in [0.15, 0.2) is 12.4 Å². The van der Waals surface area contributed by atoms with Gasteiger partial charge < -0.3 is 16.0 Å². The fourth-order valence-corrected chi connectivity index (χ4v) is 6.84. The molecule has 3 N–H and O–H groups in total. The van der Waals surface area contributed by atoms with Gasteiger partial charge in [0.15, 0.2) is 0 Å². The molecular weight excluding hydrogens is 334 g/mol. The van der Waals surface area contributed by atoms with Gasteiger partial charge >= 0.3 is 0 Å². The lowest BCUT2D eigenvalue weighted by Crippen LogP contribution is -2.62. The van der Waals surface area contributed by atoms with Crippen molar-refractivity contribution in [1.82, 2.24) is 9.97 Å². The summed E-state index contributed by atoms with van der Waals surface area (Å²) >= 11 is 0. The molecular formula is C22H35N5. The Morgan fingerprint density at radius 2 is 1.70 bits per heavy atom. The lowest BCUT2D eigenvalue weighted by Gasteiger charge is -2.59. The van der Waals surface area contributed by atoms with Crippen molar-refractivity contribution >= 4 is 11.6 Å². The highest BCUT2D eigenvalue weighted by molar-refractivity contribution is 5.44. The Morgan fingerprint density at radius 1 is 1.07 bits per heavy atom. The van der Waals surface area contributed by atoms with E-state index in [1.807, 2.05) is 12.4 Å². The van der Waals surface area contributed by atoms with Crippen molar-refractivity contribution in [2.24, 2.45) is 35.3 Å². The van der Waals surface area contributed by atoms with E-state index in [0.29, 0.717) is 6.04 Å². The van der Waals surface area contributed by atoms with Crippen LogP contribution in [-0.4, -0.2) is 34.6 Å². The lowest BCUT2D eigenvalue weighted by molar-refractivity contribution is -0.0107. The summed E-state index contributed by atoms with van der Waals surface area (Å²) in [4.78, 5) is 11.7. The molecule has 1 aromatic heterocycles. The molecule has 4 bridgehead atoms. The number of aromatic nitrogens is 2. The first-order chi connectivity index (χ1) is 13.0. The second kappa shape index (κ2) is 6.61. The van der Waals surface area contributed by atoms with Crippen LogP contribution in [0.25, 0.3) is 0 Å². The zero-order chi connectivity index (χ0) is 18.6. The second-order valence-electron chi connectivity index (χ2n) is 10.3. The normalized spacial score (nSPS) is 38.6. The molecule has 5 heteroatoms. The second-order valence-corrected chi connectivity index (χ2v) is 10.3. The SMILES string of the molecule is CC(C)C1CCN(c2ncc(NC3C4CC5CC3CC(N)(C5)C4)cn2)CC1. The predicted molar refractivity (Wildman–Crippen MR) is 110 cm³/mol. The third-order valence-corrected chi connectivity index (χ3v) is 8.06. The molecule has 5 nitrogen and oxygen atoms in total. The van der Waals surface area contributed by atoms with E-state index in [0.717, 1.165) is 54.3 Å². The predicted octanol–water partition coefficient (Wildman–Crippen LogP) is 3.67. The van der Waals surface area contributed by atoms with Gasteiger partial charge in [0.1, 0.15) is 0 Å².